The molecule has 0 rings (SSSR count). The Hall–Kier alpha value is -3.07. The van der Waals surface area contributed by atoms with Crippen LogP contribution in [0.3, 0.4) is 0 Å². The number of hydrogen-bond acceptors (Lipinski definition) is 7. The maximum absolute atomic E-state index is 12.9. The molecule has 462 valence electrons. The summed E-state index contributed by atoms with van der Waals surface area (Å²) >= 11 is 0. The van der Waals surface area contributed by atoms with Crippen molar-refractivity contribution in [1.29, 1.82) is 0 Å². The van der Waals surface area contributed by atoms with Crippen molar-refractivity contribution in [3.05, 3.63) is 97.2 Å². The van der Waals surface area contributed by atoms with Gasteiger partial charge in [-0.25, -0.2) is 4.57 Å². The zero-order chi connectivity index (χ0) is 58.4. The molecule has 0 aromatic rings. The summed E-state index contributed by atoms with van der Waals surface area (Å²) in [4.78, 5) is 35.8. The van der Waals surface area contributed by atoms with Crippen molar-refractivity contribution in [3.8, 4) is 0 Å². The number of nitrogens with zero attached hydrogens (tertiary/aromatic N) is 1. The molecule has 0 aromatic carbocycles. The normalized spacial score (nSPS) is 13.8. The molecule has 1 N–H and O–H groups in total. The summed E-state index contributed by atoms with van der Waals surface area (Å²) in [6.45, 7) is 4.23. The first kappa shape index (κ1) is 76.9. The van der Waals surface area contributed by atoms with E-state index in [9.17, 15) is 19.0 Å². The standard InChI is InChI=1S/C70H124NO8P/c1-6-8-10-12-14-16-18-20-22-24-26-28-30-32-33-34-35-36-37-39-41-43-45-47-49-51-53-55-57-59-61-63-70(73)79-68(67-78-80(74,75)77-65-64-71(3,4)5)66-76-69(72)62-60-58-56-54-52-50-48-46-44-42-40-38-31-29-27-25-23-21-19-17-15-13-11-9-7-2/h8-11,14-17,20-23,26-29,68H,6-7,12-13,18-19,24-25,30-67H2,1-5H3/p+1/b10-8-,11-9-,16-14-,17-15-,22-20-,23-21-,28-26-,29-27-. The number of phosphoric ester groups is 1. The average molecular weight is 1140 g/mol. The first-order valence-corrected chi connectivity index (χ1v) is 34.5. The second-order valence-corrected chi connectivity index (χ2v) is 24.5. The molecule has 2 unspecified atom stereocenters. The number of likely N-dealkylation sites (N-methyl/N-ethyl adjacent to an activating group) is 1. The first-order valence-electron chi connectivity index (χ1n) is 33.0. The summed E-state index contributed by atoms with van der Waals surface area (Å²) in [5.74, 6) is -0.793. The Morgan fingerprint density at radius 2 is 0.675 bits per heavy atom. The van der Waals surface area contributed by atoms with Gasteiger partial charge < -0.3 is 18.9 Å². The van der Waals surface area contributed by atoms with Crippen molar-refractivity contribution in [3.63, 3.8) is 0 Å². The van der Waals surface area contributed by atoms with Crippen LogP contribution in [0.5, 0.6) is 0 Å². The summed E-state index contributed by atoms with van der Waals surface area (Å²) in [6, 6.07) is 0. The van der Waals surface area contributed by atoms with Crippen LogP contribution in [-0.2, 0) is 32.7 Å². The van der Waals surface area contributed by atoms with E-state index in [1.54, 1.807) is 0 Å². The van der Waals surface area contributed by atoms with E-state index in [2.05, 4.69) is 111 Å². The van der Waals surface area contributed by atoms with E-state index in [4.69, 9.17) is 18.5 Å². The minimum atomic E-state index is -4.39. The van der Waals surface area contributed by atoms with E-state index in [-0.39, 0.29) is 32.0 Å². The molecule has 0 bridgehead atoms. The monoisotopic (exact) mass is 1140 g/mol. The molecular weight excluding hydrogens is 1010 g/mol. The molecule has 9 nitrogen and oxygen atoms in total. The molecule has 0 aliphatic carbocycles. The predicted octanol–water partition coefficient (Wildman–Crippen LogP) is 21.2. The minimum Gasteiger partial charge on any atom is -0.462 e. The van der Waals surface area contributed by atoms with Crippen molar-refractivity contribution >= 4 is 19.8 Å². The molecule has 0 fully saturated rings. The number of unbranched alkanes of at least 4 members (excludes halogenated alkanes) is 30. The van der Waals surface area contributed by atoms with Crippen LogP contribution in [-0.4, -0.2) is 74.9 Å². The highest BCUT2D eigenvalue weighted by atomic mass is 31.2. The lowest BCUT2D eigenvalue weighted by atomic mass is 10.0. The zero-order valence-electron chi connectivity index (χ0n) is 52.5. The SMILES string of the molecule is CC/C=C\C/C=C\C/C=C\C/C=C\CCCCCCCCCCCCCCCCCCCCC(=O)OC(COC(=O)CCCCCCCCCCCCCC/C=C\C/C=C\C/C=C\C/C=C\CC)COP(=O)(O)OCC[N+](C)(C)C. The van der Waals surface area contributed by atoms with Crippen molar-refractivity contribution < 1.29 is 42.1 Å². The van der Waals surface area contributed by atoms with Gasteiger partial charge in [-0.1, -0.05) is 278 Å². The predicted molar refractivity (Wildman–Crippen MR) is 344 cm³/mol. The van der Waals surface area contributed by atoms with Gasteiger partial charge >= 0.3 is 19.8 Å². The molecular formula is C70H125NO8P+. The molecule has 0 spiro atoms. The van der Waals surface area contributed by atoms with Gasteiger partial charge in [-0.05, 0) is 89.9 Å². The Kier molecular flexibility index (Phi) is 58.2. The number of hydrogen-bond donors (Lipinski definition) is 1. The maximum Gasteiger partial charge on any atom is 0.472 e. The summed E-state index contributed by atoms with van der Waals surface area (Å²) < 4.78 is 34.7. The van der Waals surface area contributed by atoms with Crippen molar-refractivity contribution in [1.82, 2.24) is 0 Å². The van der Waals surface area contributed by atoms with E-state index in [0.29, 0.717) is 17.4 Å². The fourth-order valence-corrected chi connectivity index (χ4v) is 9.86. The zero-order valence-corrected chi connectivity index (χ0v) is 53.4. The Morgan fingerprint density at radius 3 is 1.00 bits per heavy atom. The molecule has 0 aromatic heterocycles. The molecule has 0 saturated carbocycles. The molecule has 0 radical (unpaired) electrons. The van der Waals surface area contributed by atoms with E-state index in [1.807, 2.05) is 21.1 Å². The van der Waals surface area contributed by atoms with Crippen molar-refractivity contribution in [2.75, 3.05) is 47.5 Å². The Bertz CT molecular complexity index is 1670. The highest BCUT2D eigenvalue weighted by molar-refractivity contribution is 7.47. The van der Waals surface area contributed by atoms with Gasteiger partial charge in [-0.3, -0.25) is 18.6 Å². The van der Waals surface area contributed by atoms with Gasteiger partial charge in [0.2, 0.25) is 0 Å². The topological polar surface area (TPSA) is 108 Å². The molecule has 0 amide bonds. The van der Waals surface area contributed by atoms with Gasteiger partial charge in [0, 0.05) is 12.8 Å². The van der Waals surface area contributed by atoms with Crippen LogP contribution in [0.4, 0.5) is 0 Å². The van der Waals surface area contributed by atoms with E-state index >= 15 is 0 Å². The third kappa shape index (κ3) is 64.1. The summed E-state index contributed by atoms with van der Waals surface area (Å²) in [7, 11) is 1.48. The van der Waals surface area contributed by atoms with Gasteiger partial charge in [0.25, 0.3) is 0 Å². The van der Waals surface area contributed by atoms with Crippen LogP contribution in [0.25, 0.3) is 0 Å². The molecule has 0 heterocycles. The number of rotatable bonds is 60. The molecule has 10 heteroatoms. The van der Waals surface area contributed by atoms with Crippen LogP contribution < -0.4 is 0 Å². The molecule has 2 atom stereocenters. The smallest absolute Gasteiger partial charge is 0.462 e. The third-order valence-electron chi connectivity index (χ3n) is 14.1. The number of carbonyl (C=O) groups is 2. The molecule has 0 aliphatic rings. The lowest BCUT2D eigenvalue weighted by Gasteiger charge is -2.24. The maximum atomic E-state index is 12.9. The largest absolute Gasteiger partial charge is 0.472 e. The van der Waals surface area contributed by atoms with Gasteiger partial charge in [-0.15, -0.1) is 0 Å². The average Bonchev–Trinajstić information content (AvgIpc) is 3.42. The summed E-state index contributed by atoms with van der Waals surface area (Å²) in [5.41, 5.74) is 0. The lowest BCUT2D eigenvalue weighted by molar-refractivity contribution is -0.870. The minimum absolute atomic E-state index is 0.0292. The number of phosphoric acid groups is 1. The van der Waals surface area contributed by atoms with Crippen LogP contribution in [0, 0.1) is 0 Å². The number of carbonyl (C=O) groups excluding carboxylic acids is 2. The fourth-order valence-electron chi connectivity index (χ4n) is 9.12. The van der Waals surface area contributed by atoms with Gasteiger partial charge in [0.05, 0.1) is 27.7 Å². The van der Waals surface area contributed by atoms with Gasteiger partial charge in [0.15, 0.2) is 6.10 Å². The van der Waals surface area contributed by atoms with Crippen LogP contribution in [0.1, 0.15) is 284 Å². The molecule has 80 heavy (non-hydrogen) atoms. The number of allylic oxidation sites excluding steroid dienone is 16. The van der Waals surface area contributed by atoms with Crippen molar-refractivity contribution in [2.24, 2.45) is 0 Å². The van der Waals surface area contributed by atoms with E-state index < -0.39 is 26.5 Å². The first-order chi connectivity index (χ1) is 39.0. The quantitative estimate of drug-likeness (QED) is 0.0211. The second kappa shape index (κ2) is 60.5. The van der Waals surface area contributed by atoms with Gasteiger partial charge in [0.1, 0.15) is 19.8 Å². The van der Waals surface area contributed by atoms with Crippen molar-refractivity contribution in [2.45, 2.75) is 290 Å². The molecule has 0 aliphatic heterocycles. The summed E-state index contributed by atoms with van der Waals surface area (Å²) in [5, 5.41) is 0. The van der Waals surface area contributed by atoms with Crippen LogP contribution >= 0.6 is 7.82 Å². The van der Waals surface area contributed by atoms with E-state index in [0.717, 1.165) is 83.5 Å². The fraction of sp³-hybridized carbons (Fsp3) is 0.743. The number of quaternary nitrogens is 1. The Morgan fingerprint density at radius 1 is 0.388 bits per heavy atom. The molecule has 0 saturated heterocycles. The number of ether oxygens (including phenoxy) is 2. The number of esters is 2. The lowest BCUT2D eigenvalue weighted by Crippen LogP contribution is -2.37. The van der Waals surface area contributed by atoms with Gasteiger partial charge in [-0.2, -0.15) is 0 Å². The Labute approximate surface area is 493 Å². The Balaban J connectivity index is 4.06. The van der Waals surface area contributed by atoms with Crippen LogP contribution in [0.15, 0.2) is 97.2 Å². The van der Waals surface area contributed by atoms with E-state index in [1.165, 1.54) is 167 Å². The third-order valence-corrected chi connectivity index (χ3v) is 15.1. The summed E-state index contributed by atoms with van der Waals surface area (Å²) in [6.07, 6.45) is 83.5. The highest BCUT2D eigenvalue weighted by Gasteiger charge is 2.27. The second-order valence-electron chi connectivity index (χ2n) is 23.1. The highest BCUT2D eigenvalue weighted by Crippen LogP contribution is 2.43. The van der Waals surface area contributed by atoms with Crippen LogP contribution in [0.2, 0.25) is 0 Å².